The van der Waals surface area contributed by atoms with Crippen LogP contribution in [0.15, 0.2) is 11.2 Å². The zero-order chi connectivity index (χ0) is 16.4. The number of aliphatic imine (C=N–C) groups is 1. The summed E-state index contributed by atoms with van der Waals surface area (Å²) in [6.45, 7) is 10.7. The summed E-state index contributed by atoms with van der Waals surface area (Å²) >= 11 is 0. The summed E-state index contributed by atoms with van der Waals surface area (Å²) in [6.07, 6.45) is 8.11. The zero-order valence-electron chi connectivity index (χ0n) is 15.4. The van der Waals surface area contributed by atoms with Gasteiger partial charge in [-0.3, -0.25) is 9.67 Å². The molecule has 136 valence electrons. The Morgan fingerprint density at radius 1 is 1.46 bits per heavy atom. The van der Waals surface area contributed by atoms with Crippen molar-refractivity contribution in [3.05, 3.63) is 17.5 Å². The van der Waals surface area contributed by atoms with Crippen LogP contribution in [0.25, 0.3) is 0 Å². The molecule has 6 heteroatoms. The van der Waals surface area contributed by atoms with Crippen molar-refractivity contribution < 1.29 is 0 Å². The summed E-state index contributed by atoms with van der Waals surface area (Å²) in [4.78, 5) is 4.80. The number of hydrogen-bond donors (Lipinski definition) is 2. The van der Waals surface area contributed by atoms with Crippen LogP contribution in [0.5, 0.6) is 0 Å². The van der Waals surface area contributed by atoms with E-state index in [0.717, 1.165) is 38.3 Å². The van der Waals surface area contributed by atoms with Gasteiger partial charge in [-0.25, -0.2) is 0 Å². The van der Waals surface area contributed by atoms with Crippen molar-refractivity contribution in [3.63, 3.8) is 0 Å². The van der Waals surface area contributed by atoms with Crippen LogP contribution in [0.1, 0.15) is 64.3 Å². The molecule has 3 rings (SSSR count). The van der Waals surface area contributed by atoms with Gasteiger partial charge in [0.05, 0.1) is 5.69 Å². The van der Waals surface area contributed by atoms with E-state index in [4.69, 9.17) is 10.1 Å². The maximum Gasteiger partial charge on any atom is 0.191 e. The Hall–Kier alpha value is -0.790. The lowest BCUT2D eigenvalue weighted by Crippen LogP contribution is -2.46. The highest BCUT2D eigenvalue weighted by atomic mass is 127. The van der Waals surface area contributed by atoms with Crippen LogP contribution in [0.3, 0.4) is 0 Å². The van der Waals surface area contributed by atoms with Gasteiger partial charge in [0.25, 0.3) is 0 Å². The highest BCUT2D eigenvalue weighted by Crippen LogP contribution is 2.44. The van der Waals surface area contributed by atoms with Crippen molar-refractivity contribution in [1.82, 2.24) is 20.4 Å². The molecular formula is C18H32IN5. The van der Waals surface area contributed by atoms with Crippen molar-refractivity contribution in [3.8, 4) is 0 Å². The summed E-state index contributed by atoms with van der Waals surface area (Å²) in [7, 11) is 0. The van der Waals surface area contributed by atoms with E-state index in [0.29, 0.717) is 17.5 Å². The van der Waals surface area contributed by atoms with Crippen LogP contribution < -0.4 is 10.6 Å². The van der Waals surface area contributed by atoms with Crippen molar-refractivity contribution in [1.29, 1.82) is 0 Å². The van der Waals surface area contributed by atoms with Gasteiger partial charge >= 0.3 is 0 Å². The van der Waals surface area contributed by atoms with Crippen LogP contribution in [0, 0.1) is 5.41 Å². The molecule has 5 nitrogen and oxygen atoms in total. The summed E-state index contributed by atoms with van der Waals surface area (Å²) in [5.74, 6) is 0.970. The molecule has 0 spiro atoms. The Balaban J connectivity index is 0.00000208. The molecule has 1 fully saturated rings. The summed E-state index contributed by atoms with van der Waals surface area (Å²) in [5.41, 5.74) is 3.13. The number of fused-ring (bicyclic) bond motifs is 1. The predicted octanol–water partition coefficient (Wildman–Crippen LogP) is 3.29. The highest BCUT2D eigenvalue weighted by Gasteiger charge is 2.37. The maximum atomic E-state index is 4.80. The number of guanidine groups is 1. The molecule has 1 unspecified atom stereocenters. The quantitative estimate of drug-likeness (QED) is 0.416. The molecule has 2 N–H and O–H groups in total. The van der Waals surface area contributed by atoms with E-state index in [1.54, 1.807) is 0 Å². The Bertz CT molecular complexity index is 574. The number of rotatable bonds is 5. The van der Waals surface area contributed by atoms with Crippen LogP contribution in [0.4, 0.5) is 0 Å². The molecule has 1 saturated carbocycles. The molecule has 0 bridgehead atoms. The van der Waals surface area contributed by atoms with Gasteiger partial charge in [-0.15, -0.1) is 24.0 Å². The predicted molar refractivity (Wildman–Crippen MR) is 110 cm³/mol. The largest absolute Gasteiger partial charge is 0.357 e. The molecule has 0 radical (unpaired) electrons. The fraction of sp³-hybridized carbons (Fsp3) is 0.778. The number of hydrogen-bond acceptors (Lipinski definition) is 2. The molecule has 0 aliphatic heterocycles. The Labute approximate surface area is 163 Å². The van der Waals surface area contributed by atoms with E-state index in [-0.39, 0.29) is 24.0 Å². The highest BCUT2D eigenvalue weighted by molar-refractivity contribution is 14.0. The van der Waals surface area contributed by atoms with Gasteiger partial charge in [-0.2, -0.15) is 5.10 Å². The monoisotopic (exact) mass is 445 g/mol. The number of aromatic nitrogens is 2. The number of nitrogens with zero attached hydrogens (tertiary/aromatic N) is 3. The van der Waals surface area contributed by atoms with Gasteiger partial charge in [0, 0.05) is 37.8 Å². The fourth-order valence-corrected chi connectivity index (χ4v) is 3.06. The van der Waals surface area contributed by atoms with Gasteiger partial charge in [-0.1, -0.05) is 6.92 Å². The molecule has 1 heterocycles. The molecule has 0 aromatic carbocycles. The topological polar surface area (TPSA) is 54.2 Å². The second-order valence-corrected chi connectivity index (χ2v) is 7.76. The molecule has 1 aromatic heterocycles. The third-order valence-corrected chi connectivity index (χ3v) is 5.03. The SMILES string of the molecule is CCNC(=NCC1(C)CC1)NC1CCc2cn(C(C)C)nc2C1.I. The first-order valence-corrected chi connectivity index (χ1v) is 9.11. The average Bonchev–Trinajstić information content (AvgIpc) is 3.09. The molecule has 2 aliphatic rings. The van der Waals surface area contributed by atoms with Crippen LogP contribution in [0.2, 0.25) is 0 Å². The Morgan fingerprint density at radius 3 is 2.83 bits per heavy atom. The first-order valence-electron chi connectivity index (χ1n) is 9.11. The zero-order valence-corrected chi connectivity index (χ0v) is 17.8. The molecule has 1 aromatic rings. The second-order valence-electron chi connectivity index (χ2n) is 7.76. The molecular weight excluding hydrogens is 413 g/mol. The van der Waals surface area contributed by atoms with Gasteiger partial charge < -0.3 is 10.6 Å². The van der Waals surface area contributed by atoms with E-state index < -0.39 is 0 Å². The molecule has 0 amide bonds. The van der Waals surface area contributed by atoms with Crippen molar-refractivity contribution in [2.75, 3.05) is 13.1 Å². The number of halogens is 1. The van der Waals surface area contributed by atoms with E-state index in [9.17, 15) is 0 Å². The minimum atomic E-state index is 0. The normalized spacial score (nSPS) is 21.9. The minimum absolute atomic E-state index is 0. The third-order valence-electron chi connectivity index (χ3n) is 5.03. The fourth-order valence-electron chi connectivity index (χ4n) is 3.06. The van der Waals surface area contributed by atoms with E-state index >= 15 is 0 Å². The van der Waals surface area contributed by atoms with Crippen LogP contribution >= 0.6 is 24.0 Å². The maximum absolute atomic E-state index is 4.80. The number of aryl methyl sites for hydroxylation is 1. The van der Waals surface area contributed by atoms with Gasteiger partial charge in [0.2, 0.25) is 0 Å². The van der Waals surface area contributed by atoms with Crippen molar-refractivity contribution in [2.45, 2.75) is 71.9 Å². The van der Waals surface area contributed by atoms with Gasteiger partial charge in [0.1, 0.15) is 0 Å². The van der Waals surface area contributed by atoms with Crippen molar-refractivity contribution >= 4 is 29.9 Å². The number of nitrogens with one attached hydrogen (secondary N) is 2. The second kappa shape index (κ2) is 8.06. The summed E-state index contributed by atoms with van der Waals surface area (Å²) in [6, 6.07) is 0.869. The lowest BCUT2D eigenvalue weighted by atomic mass is 9.94. The van der Waals surface area contributed by atoms with Crippen molar-refractivity contribution in [2.24, 2.45) is 10.4 Å². The van der Waals surface area contributed by atoms with E-state index in [1.165, 1.54) is 24.1 Å². The first-order chi connectivity index (χ1) is 11.0. The average molecular weight is 445 g/mol. The Kier molecular flexibility index (Phi) is 6.56. The van der Waals surface area contributed by atoms with Crippen LogP contribution in [-0.4, -0.2) is 34.9 Å². The summed E-state index contributed by atoms with van der Waals surface area (Å²) < 4.78 is 2.10. The van der Waals surface area contributed by atoms with Crippen LogP contribution in [-0.2, 0) is 12.8 Å². The minimum Gasteiger partial charge on any atom is -0.357 e. The lowest BCUT2D eigenvalue weighted by molar-refractivity contribution is 0.497. The Morgan fingerprint density at radius 2 is 2.21 bits per heavy atom. The molecule has 0 saturated heterocycles. The summed E-state index contributed by atoms with van der Waals surface area (Å²) in [5, 5.41) is 11.8. The standard InChI is InChI=1S/C18H31N5.HI/c1-5-19-17(20-12-18(4)8-9-18)21-15-7-6-14-11-23(13(2)3)22-16(14)10-15;/h11,13,15H,5-10,12H2,1-4H3,(H2,19,20,21);1H. The van der Waals surface area contributed by atoms with E-state index in [1.807, 2.05) is 0 Å². The molecule has 1 atom stereocenters. The third kappa shape index (κ3) is 4.86. The smallest absolute Gasteiger partial charge is 0.191 e. The van der Waals surface area contributed by atoms with Gasteiger partial charge in [-0.05, 0) is 57.4 Å². The van der Waals surface area contributed by atoms with E-state index in [2.05, 4.69) is 49.2 Å². The first kappa shape index (κ1) is 19.5. The lowest BCUT2D eigenvalue weighted by Gasteiger charge is -2.24. The molecule has 24 heavy (non-hydrogen) atoms. The van der Waals surface area contributed by atoms with Gasteiger partial charge in [0.15, 0.2) is 5.96 Å². The molecule has 2 aliphatic carbocycles.